The van der Waals surface area contributed by atoms with Gasteiger partial charge in [-0.2, -0.15) is 10.4 Å². The van der Waals surface area contributed by atoms with Crippen molar-refractivity contribution in [3.63, 3.8) is 0 Å². The fourth-order valence-electron chi connectivity index (χ4n) is 1.72. The summed E-state index contributed by atoms with van der Waals surface area (Å²) in [5.74, 6) is 0.439. The highest BCUT2D eigenvalue weighted by Gasteiger charge is 2.13. The zero-order valence-corrected chi connectivity index (χ0v) is 12.0. The molecular weight excluding hydrogens is 285 g/mol. The highest BCUT2D eigenvalue weighted by molar-refractivity contribution is 6.32. The van der Waals surface area contributed by atoms with Crippen LogP contribution in [0.3, 0.4) is 0 Å². The minimum atomic E-state index is 0.244. The van der Waals surface area contributed by atoms with E-state index < -0.39 is 0 Å². The van der Waals surface area contributed by atoms with E-state index in [1.807, 2.05) is 13.0 Å². The van der Waals surface area contributed by atoms with Crippen LogP contribution >= 0.6 is 23.2 Å². The molecule has 0 aliphatic carbocycles. The summed E-state index contributed by atoms with van der Waals surface area (Å²) in [6.45, 7) is 2.10. The first kappa shape index (κ1) is 13.7. The molecule has 0 saturated heterocycles. The van der Waals surface area contributed by atoms with E-state index in [1.165, 1.54) is 0 Å². The van der Waals surface area contributed by atoms with E-state index in [2.05, 4.69) is 5.10 Å². The van der Waals surface area contributed by atoms with Crippen molar-refractivity contribution in [3.05, 3.63) is 45.2 Å². The second-order valence-electron chi connectivity index (χ2n) is 3.99. The maximum atomic E-state index is 9.05. The maximum Gasteiger partial charge on any atom is 0.139 e. The minimum Gasteiger partial charge on any atom is -0.487 e. The average Bonchev–Trinajstić information content (AvgIpc) is 2.61. The number of halogens is 2. The highest BCUT2D eigenvalue weighted by Crippen LogP contribution is 2.27. The molecule has 4 nitrogen and oxygen atoms in total. The lowest BCUT2D eigenvalue weighted by Crippen LogP contribution is -1.99. The molecule has 0 fully saturated rings. The Morgan fingerprint density at radius 1 is 1.42 bits per heavy atom. The van der Waals surface area contributed by atoms with E-state index in [0.717, 1.165) is 11.3 Å². The molecule has 98 valence electrons. The molecule has 1 aromatic carbocycles. The molecule has 0 aliphatic heterocycles. The number of nitrogens with zero attached hydrogens (tertiary/aromatic N) is 3. The standard InChI is InChI=1S/C13H11Cl2N3O/c1-8-10(13(15)18(2)17-8)7-19-12-5-3-4-11(14)9(12)6-16/h3-5H,7H2,1-2H3. The molecule has 0 atom stereocenters. The Morgan fingerprint density at radius 2 is 2.16 bits per heavy atom. The van der Waals surface area contributed by atoms with Crippen molar-refractivity contribution in [1.82, 2.24) is 9.78 Å². The Hall–Kier alpha value is -1.70. The van der Waals surface area contributed by atoms with E-state index in [1.54, 1.807) is 29.9 Å². The van der Waals surface area contributed by atoms with Gasteiger partial charge in [0.1, 0.15) is 29.1 Å². The van der Waals surface area contributed by atoms with Crippen LogP contribution in [0.4, 0.5) is 0 Å². The topological polar surface area (TPSA) is 50.8 Å². The van der Waals surface area contributed by atoms with E-state index in [9.17, 15) is 0 Å². The van der Waals surface area contributed by atoms with Crippen molar-refractivity contribution in [2.24, 2.45) is 7.05 Å². The molecule has 6 heteroatoms. The monoisotopic (exact) mass is 295 g/mol. The summed E-state index contributed by atoms with van der Waals surface area (Å²) < 4.78 is 7.21. The summed E-state index contributed by atoms with van der Waals surface area (Å²) in [7, 11) is 1.76. The number of aromatic nitrogens is 2. The predicted molar refractivity (Wildman–Crippen MR) is 73.5 cm³/mol. The summed E-state index contributed by atoms with van der Waals surface area (Å²) in [6.07, 6.45) is 0. The van der Waals surface area contributed by atoms with Crippen LogP contribution in [0.15, 0.2) is 18.2 Å². The van der Waals surface area contributed by atoms with Crippen LogP contribution in [0.2, 0.25) is 10.2 Å². The lowest BCUT2D eigenvalue weighted by Gasteiger charge is -2.08. The summed E-state index contributed by atoms with van der Waals surface area (Å²) >= 11 is 12.0. The van der Waals surface area contributed by atoms with Gasteiger partial charge >= 0.3 is 0 Å². The van der Waals surface area contributed by atoms with Gasteiger partial charge in [-0.1, -0.05) is 29.3 Å². The van der Waals surface area contributed by atoms with Crippen LogP contribution < -0.4 is 4.74 Å². The van der Waals surface area contributed by atoms with Crippen molar-refractivity contribution in [2.45, 2.75) is 13.5 Å². The largest absolute Gasteiger partial charge is 0.487 e. The maximum absolute atomic E-state index is 9.05. The predicted octanol–water partition coefficient (Wildman–Crippen LogP) is 3.49. The molecular formula is C13H11Cl2N3O. The number of rotatable bonds is 3. The molecule has 0 bridgehead atoms. The number of hydrogen-bond donors (Lipinski definition) is 0. The molecule has 0 N–H and O–H groups in total. The van der Waals surface area contributed by atoms with Crippen LogP contribution in [0.25, 0.3) is 0 Å². The van der Waals surface area contributed by atoms with Crippen LogP contribution in [0.1, 0.15) is 16.8 Å². The van der Waals surface area contributed by atoms with Gasteiger partial charge in [-0.3, -0.25) is 4.68 Å². The summed E-state index contributed by atoms with van der Waals surface area (Å²) in [5, 5.41) is 14.1. The Morgan fingerprint density at radius 3 is 2.74 bits per heavy atom. The average molecular weight is 296 g/mol. The zero-order valence-electron chi connectivity index (χ0n) is 10.4. The van der Waals surface area contributed by atoms with Gasteiger partial charge in [0.15, 0.2) is 0 Å². The SMILES string of the molecule is Cc1nn(C)c(Cl)c1COc1cccc(Cl)c1C#N. The molecule has 2 aromatic rings. The van der Waals surface area contributed by atoms with Gasteiger partial charge in [-0.15, -0.1) is 0 Å². The lowest BCUT2D eigenvalue weighted by atomic mass is 10.2. The van der Waals surface area contributed by atoms with Gasteiger partial charge in [-0.25, -0.2) is 0 Å². The fraction of sp³-hybridized carbons (Fsp3) is 0.231. The fourth-order valence-corrected chi connectivity index (χ4v) is 2.16. The first-order valence-electron chi connectivity index (χ1n) is 5.54. The lowest BCUT2D eigenvalue weighted by molar-refractivity contribution is 0.304. The first-order chi connectivity index (χ1) is 9.04. The van der Waals surface area contributed by atoms with Gasteiger partial charge in [0.2, 0.25) is 0 Å². The minimum absolute atomic E-state index is 0.244. The van der Waals surface area contributed by atoms with E-state index in [4.69, 9.17) is 33.2 Å². The van der Waals surface area contributed by atoms with Crippen molar-refractivity contribution in [1.29, 1.82) is 5.26 Å². The Kier molecular flexibility index (Phi) is 3.98. The number of nitriles is 1. The number of hydrogen-bond acceptors (Lipinski definition) is 3. The van der Waals surface area contributed by atoms with E-state index >= 15 is 0 Å². The van der Waals surface area contributed by atoms with Crippen molar-refractivity contribution in [2.75, 3.05) is 0 Å². The van der Waals surface area contributed by atoms with Crippen LogP contribution in [0, 0.1) is 18.3 Å². The molecule has 0 saturated carbocycles. The van der Waals surface area contributed by atoms with Gasteiger partial charge in [0.05, 0.1) is 10.7 Å². The van der Waals surface area contributed by atoms with Gasteiger partial charge < -0.3 is 4.74 Å². The Labute approximate surface area is 121 Å². The second-order valence-corrected chi connectivity index (χ2v) is 4.76. The molecule has 0 radical (unpaired) electrons. The normalized spacial score (nSPS) is 10.3. The van der Waals surface area contributed by atoms with Gasteiger partial charge in [0, 0.05) is 12.6 Å². The second kappa shape index (κ2) is 5.52. The molecule has 0 spiro atoms. The molecule has 19 heavy (non-hydrogen) atoms. The van der Waals surface area contributed by atoms with Crippen LogP contribution in [-0.2, 0) is 13.7 Å². The van der Waals surface area contributed by atoms with Crippen molar-refractivity contribution >= 4 is 23.2 Å². The molecule has 2 rings (SSSR count). The van der Waals surface area contributed by atoms with Crippen LogP contribution in [0.5, 0.6) is 5.75 Å². The third kappa shape index (κ3) is 2.67. The molecule has 0 aliphatic rings. The third-order valence-electron chi connectivity index (χ3n) is 2.73. The van der Waals surface area contributed by atoms with Crippen molar-refractivity contribution in [3.8, 4) is 11.8 Å². The quantitative estimate of drug-likeness (QED) is 0.871. The molecule has 1 aromatic heterocycles. The number of aryl methyl sites for hydroxylation is 2. The van der Waals surface area contributed by atoms with E-state index in [0.29, 0.717) is 21.5 Å². The third-order valence-corrected chi connectivity index (χ3v) is 3.52. The summed E-state index contributed by atoms with van der Waals surface area (Å²) in [4.78, 5) is 0. The Bertz CT molecular complexity index is 659. The molecule has 0 unspecified atom stereocenters. The zero-order chi connectivity index (χ0) is 14.0. The highest BCUT2D eigenvalue weighted by atomic mass is 35.5. The van der Waals surface area contributed by atoms with Crippen molar-refractivity contribution < 1.29 is 4.74 Å². The molecule has 1 heterocycles. The Balaban J connectivity index is 2.25. The van der Waals surface area contributed by atoms with Gasteiger partial charge in [-0.05, 0) is 19.1 Å². The smallest absolute Gasteiger partial charge is 0.139 e. The van der Waals surface area contributed by atoms with E-state index in [-0.39, 0.29) is 6.61 Å². The van der Waals surface area contributed by atoms with Gasteiger partial charge in [0.25, 0.3) is 0 Å². The number of ether oxygens (including phenoxy) is 1. The molecule has 0 amide bonds. The van der Waals surface area contributed by atoms with Crippen LogP contribution in [-0.4, -0.2) is 9.78 Å². The first-order valence-corrected chi connectivity index (χ1v) is 6.29. The summed E-state index contributed by atoms with van der Waals surface area (Å²) in [5.41, 5.74) is 1.92. The summed E-state index contributed by atoms with van der Waals surface area (Å²) in [6, 6.07) is 7.10. The number of benzene rings is 1.